The van der Waals surface area contributed by atoms with Gasteiger partial charge >= 0.3 is 0 Å². The molecule has 0 N–H and O–H groups in total. The van der Waals surface area contributed by atoms with Crippen LogP contribution in [0.15, 0.2) is 30.5 Å². The number of hydrogen-bond donors (Lipinski definition) is 0. The Morgan fingerprint density at radius 3 is 2.76 bits per heavy atom. The molecule has 5 heteroatoms. The first-order chi connectivity index (χ1) is 8.15. The molecular weight excluding hydrogens is 223 g/mol. The molecule has 0 fully saturated rings. The molecule has 4 nitrogen and oxygen atoms in total. The van der Waals surface area contributed by atoms with Crippen LogP contribution in [-0.2, 0) is 7.05 Å². The number of ether oxygens (including phenoxy) is 1. The number of aromatic nitrogens is 2. The number of ketones is 1. The van der Waals surface area contributed by atoms with Crippen molar-refractivity contribution in [1.29, 1.82) is 0 Å². The Balaban J connectivity index is 2.48. The molecule has 0 bridgehead atoms. The molecule has 1 heterocycles. The third-order valence-corrected chi connectivity index (χ3v) is 2.48. The van der Waals surface area contributed by atoms with Crippen LogP contribution in [0.3, 0.4) is 0 Å². The molecule has 0 aliphatic carbocycles. The molecule has 2 rings (SSSR count). The van der Waals surface area contributed by atoms with Crippen molar-refractivity contribution >= 4 is 5.78 Å². The maximum atomic E-state index is 13.9. The van der Waals surface area contributed by atoms with Gasteiger partial charge < -0.3 is 4.74 Å². The number of aryl methyl sites for hydroxylation is 1. The van der Waals surface area contributed by atoms with Gasteiger partial charge in [-0.2, -0.15) is 5.10 Å². The SMILES string of the molecule is COc1cccc(C(=O)c2ccnn2C)c1F. The minimum Gasteiger partial charge on any atom is -0.494 e. The van der Waals surface area contributed by atoms with E-state index in [1.165, 1.54) is 30.1 Å². The number of hydrogen-bond acceptors (Lipinski definition) is 3. The average molecular weight is 234 g/mol. The Bertz CT molecular complexity index is 563. The molecule has 2 aromatic rings. The van der Waals surface area contributed by atoms with E-state index in [2.05, 4.69) is 5.10 Å². The summed E-state index contributed by atoms with van der Waals surface area (Å²) in [6, 6.07) is 6.01. The zero-order chi connectivity index (χ0) is 12.4. The summed E-state index contributed by atoms with van der Waals surface area (Å²) < 4.78 is 20.1. The number of carbonyl (C=O) groups excluding carboxylic acids is 1. The van der Waals surface area contributed by atoms with Crippen LogP contribution in [0.5, 0.6) is 5.75 Å². The summed E-state index contributed by atoms with van der Waals surface area (Å²) >= 11 is 0. The molecule has 0 aliphatic rings. The molecule has 0 radical (unpaired) electrons. The van der Waals surface area contributed by atoms with Crippen LogP contribution in [0.25, 0.3) is 0 Å². The van der Waals surface area contributed by atoms with E-state index in [1.807, 2.05) is 0 Å². The van der Waals surface area contributed by atoms with Crippen LogP contribution in [0, 0.1) is 5.82 Å². The lowest BCUT2D eigenvalue weighted by molar-refractivity contribution is 0.102. The molecule has 0 unspecified atom stereocenters. The van der Waals surface area contributed by atoms with Crippen LogP contribution in [0.1, 0.15) is 16.1 Å². The van der Waals surface area contributed by atoms with E-state index in [0.29, 0.717) is 5.69 Å². The predicted molar refractivity (Wildman–Crippen MR) is 59.6 cm³/mol. The fraction of sp³-hybridized carbons (Fsp3) is 0.167. The molecule has 0 aliphatic heterocycles. The first-order valence-corrected chi connectivity index (χ1v) is 5.00. The van der Waals surface area contributed by atoms with Crippen molar-refractivity contribution in [2.24, 2.45) is 7.05 Å². The van der Waals surface area contributed by atoms with Crippen molar-refractivity contribution in [3.05, 3.63) is 47.5 Å². The van der Waals surface area contributed by atoms with Crippen LogP contribution < -0.4 is 4.74 Å². The highest BCUT2D eigenvalue weighted by Crippen LogP contribution is 2.22. The fourth-order valence-electron chi connectivity index (χ4n) is 1.58. The van der Waals surface area contributed by atoms with Crippen LogP contribution in [-0.4, -0.2) is 22.7 Å². The minimum atomic E-state index is -0.652. The molecule has 0 saturated carbocycles. The Labute approximate surface area is 97.6 Å². The fourth-order valence-corrected chi connectivity index (χ4v) is 1.58. The Kier molecular flexibility index (Phi) is 2.91. The largest absolute Gasteiger partial charge is 0.494 e. The van der Waals surface area contributed by atoms with Crippen molar-refractivity contribution in [3.8, 4) is 5.75 Å². The molecule has 88 valence electrons. The summed E-state index contributed by atoms with van der Waals surface area (Å²) in [7, 11) is 2.99. The highest BCUT2D eigenvalue weighted by Gasteiger charge is 2.19. The number of rotatable bonds is 3. The van der Waals surface area contributed by atoms with Gasteiger partial charge in [-0.25, -0.2) is 4.39 Å². The highest BCUT2D eigenvalue weighted by molar-refractivity contribution is 6.08. The Morgan fingerprint density at radius 2 is 2.18 bits per heavy atom. The molecule has 0 saturated heterocycles. The van der Waals surface area contributed by atoms with Crippen LogP contribution in [0.2, 0.25) is 0 Å². The molecule has 1 aromatic heterocycles. The maximum absolute atomic E-state index is 13.9. The van der Waals surface area contributed by atoms with E-state index < -0.39 is 11.6 Å². The standard InChI is InChI=1S/C12H11FN2O2/c1-15-9(6-7-14-15)12(16)8-4-3-5-10(17-2)11(8)13/h3-7H,1-2H3. The summed E-state index contributed by atoms with van der Waals surface area (Å²) in [4.78, 5) is 12.1. The number of carbonyl (C=O) groups is 1. The quantitative estimate of drug-likeness (QED) is 0.760. The number of benzene rings is 1. The normalized spacial score (nSPS) is 10.3. The molecule has 1 aromatic carbocycles. The zero-order valence-corrected chi connectivity index (χ0v) is 9.48. The van der Waals surface area contributed by atoms with E-state index in [9.17, 15) is 9.18 Å². The van der Waals surface area contributed by atoms with Gasteiger partial charge in [-0.3, -0.25) is 9.48 Å². The second kappa shape index (κ2) is 4.37. The van der Waals surface area contributed by atoms with Gasteiger partial charge in [0.25, 0.3) is 0 Å². The van der Waals surface area contributed by atoms with E-state index in [-0.39, 0.29) is 11.3 Å². The molecule has 0 amide bonds. The smallest absolute Gasteiger partial charge is 0.214 e. The van der Waals surface area contributed by atoms with Gasteiger partial charge in [0, 0.05) is 13.2 Å². The lowest BCUT2D eigenvalue weighted by atomic mass is 10.1. The van der Waals surface area contributed by atoms with Gasteiger partial charge in [-0.05, 0) is 18.2 Å². The zero-order valence-electron chi connectivity index (χ0n) is 9.48. The summed E-state index contributed by atoms with van der Waals surface area (Å²) in [6.45, 7) is 0. The summed E-state index contributed by atoms with van der Waals surface area (Å²) in [5.74, 6) is -1.01. The highest BCUT2D eigenvalue weighted by atomic mass is 19.1. The van der Waals surface area contributed by atoms with Crippen molar-refractivity contribution < 1.29 is 13.9 Å². The van der Waals surface area contributed by atoms with Crippen LogP contribution in [0.4, 0.5) is 4.39 Å². The molecule has 0 spiro atoms. The van der Waals surface area contributed by atoms with E-state index in [1.54, 1.807) is 19.2 Å². The number of methoxy groups -OCH3 is 1. The first-order valence-electron chi connectivity index (χ1n) is 5.00. The maximum Gasteiger partial charge on any atom is 0.214 e. The Morgan fingerprint density at radius 1 is 1.41 bits per heavy atom. The number of nitrogens with zero attached hydrogens (tertiary/aromatic N) is 2. The van der Waals surface area contributed by atoms with Gasteiger partial charge in [0.15, 0.2) is 11.6 Å². The van der Waals surface area contributed by atoms with Crippen molar-refractivity contribution in [2.45, 2.75) is 0 Å². The van der Waals surface area contributed by atoms with Gasteiger partial charge in [0.1, 0.15) is 5.69 Å². The second-order valence-electron chi connectivity index (χ2n) is 3.49. The molecular formula is C12H11FN2O2. The van der Waals surface area contributed by atoms with Gasteiger partial charge in [-0.15, -0.1) is 0 Å². The van der Waals surface area contributed by atoms with Crippen molar-refractivity contribution in [1.82, 2.24) is 9.78 Å². The van der Waals surface area contributed by atoms with E-state index in [0.717, 1.165) is 0 Å². The monoisotopic (exact) mass is 234 g/mol. The summed E-state index contributed by atoms with van der Waals surface area (Å²) in [6.07, 6.45) is 1.49. The second-order valence-corrected chi connectivity index (χ2v) is 3.49. The predicted octanol–water partition coefficient (Wildman–Crippen LogP) is 1.80. The van der Waals surface area contributed by atoms with Gasteiger partial charge in [0.05, 0.1) is 12.7 Å². The lowest BCUT2D eigenvalue weighted by Gasteiger charge is -2.06. The first kappa shape index (κ1) is 11.3. The lowest BCUT2D eigenvalue weighted by Crippen LogP contribution is -2.10. The van der Waals surface area contributed by atoms with Gasteiger partial charge in [-0.1, -0.05) is 6.07 Å². The summed E-state index contributed by atoms with van der Waals surface area (Å²) in [5.41, 5.74) is 0.310. The average Bonchev–Trinajstić information content (AvgIpc) is 2.75. The Hall–Kier alpha value is -2.17. The molecule has 0 atom stereocenters. The topological polar surface area (TPSA) is 44.1 Å². The number of halogens is 1. The minimum absolute atomic E-state index is 0.0204. The van der Waals surface area contributed by atoms with Crippen molar-refractivity contribution in [3.63, 3.8) is 0 Å². The van der Waals surface area contributed by atoms with E-state index in [4.69, 9.17) is 4.74 Å². The third kappa shape index (κ3) is 1.91. The van der Waals surface area contributed by atoms with E-state index >= 15 is 0 Å². The van der Waals surface area contributed by atoms with Crippen molar-refractivity contribution in [2.75, 3.05) is 7.11 Å². The third-order valence-electron chi connectivity index (χ3n) is 2.48. The van der Waals surface area contributed by atoms with Crippen LogP contribution >= 0.6 is 0 Å². The van der Waals surface area contributed by atoms with Gasteiger partial charge in [0.2, 0.25) is 5.78 Å². The summed E-state index contributed by atoms with van der Waals surface area (Å²) in [5, 5.41) is 3.88. The molecule has 17 heavy (non-hydrogen) atoms.